The lowest BCUT2D eigenvalue weighted by atomic mass is 9.95. The number of anilines is 1. The zero-order valence-electron chi connectivity index (χ0n) is 10.9. The first-order valence-electron chi connectivity index (χ1n) is 5.91. The van der Waals surface area contributed by atoms with E-state index in [-0.39, 0.29) is 5.56 Å². The molecule has 0 bridgehead atoms. The molecule has 0 radical (unpaired) electrons. The molecular formula is C13H17ClN2O3. The van der Waals surface area contributed by atoms with E-state index in [0.717, 1.165) is 0 Å². The van der Waals surface area contributed by atoms with Crippen LogP contribution >= 0.6 is 11.6 Å². The Morgan fingerprint density at radius 3 is 2.58 bits per heavy atom. The maximum absolute atomic E-state index is 11.4. The first-order valence-corrected chi connectivity index (χ1v) is 6.29. The highest BCUT2D eigenvalue weighted by Gasteiger charge is 2.32. The Balaban J connectivity index is 3.19. The molecule has 5 nitrogen and oxygen atoms in total. The number of amides is 1. The molecule has 1 amide bonds. The molecule has 0 aliphatic rings. The summed E-state index contributed by atoms with van der Waals surface area (Å²) in [5, 5.41) is 12.6. The number of rotatable bonds is 6. The minimum Gasteiger partial charge on any atom is -0.480 e. The van der Waals surface area contributed by atoms with Crippen LogP contribution in [-0.2, 0) is 4.79 Å². The highest BCUT2D eigenvalue weighted by molar-refractivity contribution is 6.31. The number of nitrogens with one attached hydrogen (secondary N) is 1. The fraction of sp³-hybridized carbons (Fsp3) is 0.385. The fourth-order valence-corrected chi connectivity index (χ4v) is 2.03. The molecule has 1 atom stereocenters. The molecule has 104 valence electrons. The molecule has 4 N–H and O–H groups in total. The molecule has 0 saturated heterocycles. The smallest absolute Gasteiger partial charge is 0.329 e. The van der Waals surface area contributed by atoms with E-state index in [0.29, 0.717) is 23.6 Å². The van der Waals surface area contributed by atoms with Crippen LogP contribution in [0.25, 0.3) is 0 Å². The number of carboxylic acid groups (broad SMARTS) is 1. The van der Waals surface area contributed by atoms with E-state index in [2.05, 4.69) is 5.32 Å². The molecule has 1 unspecified atom stereocenters. The van der Waals surface area contributed by atoms with E-state index in [1.165, 1.54) is 18.2 Å². The average Bonchev–Trinajstić information content (AvgIpc) is 2.28. The highest BCUT2D eigenvalue weighted by atomic mass is 35.5. The maximum atomic E-state index is 11.4. The first kappa shape index (κ1) is 15.3. The van der Waals surface area contributed by atoms with Gasteiger partial charge in [0, 0.05) is 10.7 Å². The summed E-state index contributed by atoms with van der Waals surface area (Å²) in [4.78, 5) is 22.7. The first-order chi connectivity index (χ1) is 8.80. The standard InChI is InChI=1S/C13H17ClN2O3/c1-3-6-13(2,12(18)19)16-10-7-8(14)4-5-9(10)11(15)17/h4-5,7,16H,3,6H2,1-2H3,(H2,15,17)(H,18,19). The molecule has 0 fully saturated rings. The van der Waals surface area contributed by atoms with Crippen LogP contribution in [0.15, 0.2) is 18.2 Å². The van der Waals surface area contributed by atoms with Gasteiger partial charge in [-0.2, -0.15) is 0 Å². The zero-order valence-corrected chi connectivity index (χ0v) is 11.6. The van der Waals surface area contributed by atoms with Crippen molar-refractivity contribution in [3.63, 3.8) is 0 Å². The van der Waals surface area contributed by atoms with Gasteiger partial charge < -0.3 is 16.2 Å². The second-order valence-corrected chi connectivity index (χ2v) is 5.00. The van der Waals surface area contributed by atoms with Crippen LogP contribution in [0.4, 0.5) is 5.69 Å². The number of hydrogen-bond donors (Lipinski definition) is 3. The molecule has 1 aromatic carbocycles. The molecule has 0 aliphatic heterocycles. The van der Waals surface area contributed by atoms with E-state index >= 15 is 0 Å². The van der Waals surface area contributed by atoms with Gasteiger partial charge in [-0.05, 0) is 31.5 Å². The van der Waals surface area contributed by atoms with E-state index < -0.39 is 17.4 Å². The number of hydrogen-bond acceptors (Lipinski definition) is 3. The Labute approximate surface area is 116 Å². The lowest BCUT2D eigenvalue weighted by Gasteiger charge is -2.28. The molecule has 0 aliphatic carbocycles. The van der Waals surface area contributed by atoms with Gasteiger partial charge in [0.05, 0.1) is 5.56 Å². The van der Waals surface area contributed by atoms with Gasteiger partial charge in [0.2, 0.25) is 0 Å². The van der Waals surface area contributed by atoms with Crippen LogP contribution in [0.3, 0.4) is 0 Å². The Hall–Kier alpha value is -1.75. The van der Waals surface area contributed by atoms with Crippen molar-refractivity contribution in [1.29, 1.82) is 0 Å². The molecular weight excluding hydrogens is 268 g/mol. The highest BCUT2D eigenvalue weighted by Crippen LogP contribution is 2.26. The summed E-state index contributed by atoms with van der Waals surface area (Å²) in [5.74, 6) is -1.63. The van der Waals surface area contributed by atoms with Gasteiger partial charge in [-0.25, -0.2) is 4.79 Å². The zero-order chi connectivity index (χ0) is 14.6. The number of primary amides is 1. The van der Waals surface area contributed by atoms with Crippen molar-refractivity contribution < 1.29 is 14.7 Å². The van der Waals surface area contributed by atoms with Crippen LogP contribution in [0.1, 0.15) is 37.0 Å². The van der Waals surface area contributed by atoms with Gasteiger partial charge >= 0.3 is 5.97 Å². The summed E-state index contributed by atoms with van der Waals surface area (Å²) in [7, 11) is 0. The summed E-state index contributed by atoms with van der Waals surface area (Å²) < 4.78 is 0. The lowest BCUT2D eigenvalue weighted by molar-refractivity contribution is -0.142. The second kappa shape index (κ2) is 5.93. The molecule has 0 spiro atoms. The van der Waals surface area contributed by atoms with Gasteiger partial charge in [0.15, 0.2) is 0 Å². The number of nitrogens with two attached hydrogens (primary N) is 1. The number of aliphatic carboxylic acids is 1. The van der Waals surface area contributed by atoms with Crippen molar-refractivity contribution in [1.82, 2.24) is 0 Å². The third-order valence-corrected chi connectivity index (χ3v) is 3.11. The minimum atomic E-state index is -1.18. The predicted octanol–water partition coefficient (Wildman–Crippen LogP) is 2.49. The van der Waals surface area contributed by atoms with Gasteiger partial charge in [-0.3, -0.25) is 4.79 Å². The SMILES string of the molecule is CCCC(C)(Nc1cc(Cl)ccc1C(N)=O)C(=O)O. The van der Waals surface area contributed by atoms with Gasteiger partial charge in [0.25, 0.3) is 5.91 Å². The predicted molar refractivity (Wildman–Crippen MR) is 74.5 cm³/mol. The molecule has 0 heterocycles. The van der Waals surface area contributed by atoms with Gasteiger partial charge in [-0.15, -0.1) is 0 Å². The molecule has 19 heavy (non-hydrogen) atoms. The van der Waals surface area contributed by atoms with E-state index in [1.54, 1.807) is 6.92 Å². The third kappa shape index (κ3) is 3.61. The lowest BCUT2D eigenvalue weighted by Crippen LogP contribution is -2.43. The third-order valence-electron chi connectivity index (χ3n) is 2.88. The topological polar surface area (TPSA) is 92.4 Å². The largest absolute Gasteiger partial charge is 0.480 e. The fourth-order valence-electron chi connectivity index (χ4n) is 1.85. The molecule has 0 saturated carbocycles. The Morgan fingerprint density at radius 1 is 1.47 bits per heavy atom. The number of halogens is 1. The van der Waals surface area contributed by atoms with Gasteiger partial charge in [-0.1, -0.05) is 24.9 Å². The van der Waals surface area contributed by atoms with Crippen molar-refractivity contribution in [2.45, 2.75) is 32.2 Å². The van der Waals surface area contributed by atoms with Crippen molar-refractivity contribution in [2.24, 2.45) is 5.73 Å². The monoisotopic (exact) mass is 284 g/mol. The van der Waals surface area contributed by atoms with Gasteiger partial charge in [0.1, 0.15) is 5.54 Å². The summed E-state index contributed by atoms with van der Waals surface area (Å²) in [6.45, 7) is 3.44. The van der Waals surface area contributed by atoms with Crippen LogP contribution < -0.4 is 11.1 Å². The summed E-state index contributed by atoms with van der Waals surface area (Å²) >= 11 is 5.87. The average molecular weight is 285 g/mol. The molecule has 1 rings (SSSR count). The maximum Gasteiger partial charge on any atom is 0.329 e. The van der Waals surface area contributed by atoms with E-state index in [9.17, 15) is 14.7 Å². The molecule has 0 aromatic heterocycles. The van der Waals surface area contributed by atoms with Crippen LogP contribution in [0.5, 0.6) is 0 Å². The van der Waals surface area contributed by atoms with Crippen molar-refractivity contribution in [3.05, 3.63) is 28.8 Å². The van der Waals surface area contributed by atoms with E-state index in [1.807, 2.05) is 6.92 Å². The number of carbonyl (C=O) groups is 2. The molecule has 1 aromatic rings. The Bertz CT molecular complexity index is 505. The molecule has 6 heteroatoms. The Kier molecular flexibility index (Phi) is 4.78. The van der Waals surface area contributed by atoms with Crippen molar-refractivity contribution >= 4 is 29.2 Å². The summed E-state index contributed by atoms with van der Waals surface area (Å²) in [6, 6.07) is 4.50. The number of carbonyl (C=O) groups excluding carboxylic acids is 1. The van der Waals surface area contributed by atoms with Crippen molar-refractivity contribution in [3.8, 4) is 0 Å². The number of carboxylic acids is 1. The van der Waals surface area contributed by atoms with Crippen LogP contribution in [-0.4, -0.2) is 22.5 Å². The second-order valence-electron chi connectivity index (χ2n) is 4.57. The van der Waals surface area contributed by atoms with Crippen LogP contribution in [0, 0.1) is 0 Å². The number of benzene rings is 1. The van der Waals surface area contributed by atoms with Crippen molar-refractivity contribution in [2.75, 3.05) is 5.32 Å². The summed E-state index contributed by atoms with van der Waals surface area (Å²) in [5.41, 5.74) is 4.63. The minimum absolute atomic E-state index is 0.216. The Morgan fingerprint density at radius 2 is 2.11 bits per heavy atom. The van der Waals surface area contributed by atoms with E-state index in [4.69, 9.17) is 17.3 Å². The summed E-state index contributed by atoms with van der Waals surface area (Å²) in [6.07, 6.45) is 1.09. The normalized spacial score (nSPS) is 13.6. The quantitative estimate of drug-likeness (QED) is 0.748. The van der Waals surface area contributed by atoms with Crippen LogP contribution in [0.2, 0.25) is 5.02 Å².